The molecular formula is C28H57NO9P+. The van der Waals surface area contributed by atoms with Crippen LogP contribution in [0, 0.1) is 0 Å². The van der Waals surface area contributed by atoms with Gasteiger partial charge < -0.3 is 24.0 Å². The Morgan fingerprint density at radius 2 is 1.26 bits per heavy atom. The molecule has 0 heterocycles. The number of ketones is 1. The first-order valence-corrected chi connectivity index (χ1v) is 16.2. The van der Waals surface area contributed by atoms with Crippen LogP contribution in [0.25, 0.3) is 0 Å². The Kier molecular flexibility index (Phi) is 22.3. The molecule has 0 aliphatic carbocycles. The minimum atomic E-state index is -4.44. The lowest BCUT2D eigenvalue weighted by molar-refractivity contribution is -0.887. The normalized spacial score (nSPS) is 15.1. The highest BCUT2D eigenvalue weighted by molar-refractivity contribution is 7.47. The molecular weight excluding hydrogens is 525 g/mol. The quantitative estimate of drug-likeness (QED) is 0.0673. The van der Waals surface area contributed by atoms with Crippen LogP contribution < -0.4 is 0 Å². The molecule has 0 amide bonds. The Morgan fingerprint density at radius 1 is 0.769 bits per heavy atom. The number of likely N-dealkylation sites (N-methyl/N-ethyl adjacent to an activating group) is 1. The van der Waals surface area contributed by atoms with Crippen LogP contribution in [0.15, 0.2) is 0 Å². The molecule has 2 unspecified atom stereocenters. The van der Waals surface area contributed by atoms with Crippen molar-refractivity contribution >= 4 is 19.6 Å². The van der Waals surface area contributed by atoms with E-state index >= 15 is 0 Å². The summed E-state index contributed by atoms with van der Waals surface area (Å²) in [6, 6.07) is -1.02. The maximum absolute atomic E-state index is 12.1. The van der Waals surface area contributed by atoms with Crippen molar-refractivity contribution in [2.24, 2.45) is 0 Å². The first kappa shape index (κ1) is 38.1. The molecule has 0 aromatic carbocycles. The van der Waals surface area contributed by atoms with Gasteiger partial charge in [-0.3, -0.25) is 13.8 Å². The Bertz CT molecular complexity index is 684. The van der Waals surface area contributed by atoms with E-state index in [4.69, 9.17) is 18.5 Å². The maximum Gasteiger partial charge on any atom is 0.472 e. The number of carbonyl (C=O) groups is 2. The van der Waals surface area contributed by atoms with Crippen LogP contribution in [0.3, 0.4) is 0 Å². The summed E-state index contributed by atoms with van der Waals surface area (Å²) in [7, 11) is 1.97. The summed E-state index contributed by atoms with van der Waals surface area (Å²) in [5, 5.41) is 9.29. The lowest BCUT2D eigenvalue weighted by atomic mass is 10.0. The number of carboxylic acids is 1. The standard InChI is InChI=1S/C28H56NO9P/c1-6-7-8-9-10-11-12-13-16-19-25(30)20-17-14-15-18-21-36-22-26(35-5)23-37-39(33,34)38-24-27(28(31)32)29(2,3)4/h26-27H,6-24H2,1-5H3,(H-,31,32,33,34)/p+1/t26?,27-/m1/s1. The Labute approximate surface area is 236 Å². The number of Topliss-reactive ketones (excluding diaryl/α,β-unsaturated/α-hetero) is 1. The number of aliphatic carboxylic acids is 1. The van der Waals surface area contributed by atoms with Crippen LogP contribution >= 0.6 is 7.82 Å². The number of phosphoric ester groups is 1. The molecule has 232 valence electrons. The van der Waals surface area contributed by atoms with Gasteiger partial charge >= 0.3 is 13.8 Å². The van der Waals surface area contributed by atoms with Crippen molar-refractivity contribution in [2.75, 3.05) is 54.7 Å². The molecule has 3 atom stereocenters. The lowest BCUT2D eigenvalue weighted by Crippen LogP contribution is -2.52. The zero-order valence-corrected chi connectivity index (χ0v) is 26.1. The van der Waals surface area contributed by atoms with Gasteiger partial charge in [0.2, 0.25) is 6.04 Å². The third-order valence-corrected chi connectivity index (χ3v) is 7.68. The molecule has 0 saturated heterocycles. The summed E-state index contributed by atoms with van der Waals surface area (Å²) in [6.07, 6.45) is 15.9. The summed E-state index contributed by atoms with van der Waals surface area (Å²) in [6.45, 7) is 2.24. The third-order valence-electron chi connectivity index (χ3n) is 6.73. The average molecular weight is 583 g/mol. The number of nitrogens with zero attached hydrogens (tertiary/aromatic N) is 1. The molecule has 0 radical (unpaired) electrons. The first-order chi connectivity index (χ1) is 18.4. The second kappa shape index (κ2) is 22.8. The van der Waals surface area contributed by atoms with Crippen molar-refractivity contribution in [2.45, 2.75) is 115 Å². The van der Waals surface area contributed by atoms with Gasteiger partial charge in [-0.1, -0.05) is 71.1 Å². The van der Waals surface area contributed by atoms with Gasteiger partial charge in [-0.2, -0.15) is 0 Å². The molecule has 0 fully saturated rings. The van der Waals surface area contributed by atoms with Crippen molar-refractivity contribution in [3.63, 3.8) is 0 Å². The fourth-order valence-corrected chi connectivity index (χ4v) is 4.80. The number of carboxylic acid groups (broad SMARTS) is 1. The average Bonchev–Trinajstić information content (AvgIpc) is 2.85. The zero-order chi connectivity index (χ0) is 29.6. The summed E-state index contributed by atoms with van der Waals surface area (Å²) in [5.41, 5.74) is 0. The molecule has 0 aliphatic heterocycles. The van der Waals surface area contributed by atoms with Crippen LogP contribution in [0.2, 0.25) is 0 Å². The lowest BCUT2D eigenvalue weighted by Gasteiger charge is -2.31. The molecule has 0 bridgehead atoms. The van der Waals surface area contributed by atoms with Gasteiger partial charge in [0.25, 0.3) is 0 Å². The molecule has 39 heavy (non-hydrogen) atoms. The van der Waals surface area contributed by atoms with Gasteiger partial charge in [0.05, 0.1) is 34.4 Å². The van der Waals surface area contributed by atoms with E-state index in [1.54, 1.807) is 21.1 Å². The molecule has 0 aromatic heterocycles. The van der Waals surface area contributed by atoms with E-state index < -0.39 is 32.5 Å². The van der Waals surface area contributed by atoms with E-state index in [2.05, 4.69) is 6.92 Å². The summed E-state index contributed by atoms with van der Waals surface area (Å²) in [4.78, 5) is 33.3. The van der Waals surface area contributed by atoms with E-state index in [9.17, 15) is 24.2 Å². The molecule has 11 heteroatoms. The fraction of sp³-hybridized carbons (Fsp3) is 0.929. The summed E-state index contributed by atoms with van der Waals surface area (Å²) in [5.74, 6) is -0.760. The van der Waals surface area contributed by atoms with Crippen LogP contribution in [0.5, 0.6) is 0 Å². The second-order valence-electron chi connectivity index (χ2n) is 11.2. The maximum atomic E-state index is 12.1. The number of methoxy groups -OCH3 is 1. The molecule has 0 aromatic rings. The predicted molar refractivity (Wildman–Crippen MR) is 153 cm³/mol. The van der Waals surface area contributed by atoms with Gasteiger partial charge in [-0.15, -0.1) is 0 Å². The Balaban J connectivity index is 3.82. The van der Waals surface area contributed by atoms with Crippen molar-refractivity contribution in [1.29, 1.82) is 0 Å². The van der Waals surface area contributed by atoms with Crippen molar-refractivity contribution < 1.29 is 47.2 Å². The van der Waals surface area contributed by atoms with E-state index in [0.717, 1.165) is 38.5 Å². The largest absolute Gasteiger partial charge is 0.477 e. The number of hydrogen-bond donors (Lipinski definition) is 2. The van der Waals surface area contributed by atoms with Gasteiger partial charge in [-0.05, 0) is 19.3 Å². The second-order valence-corrected chi connectivity index (χ2v) is 12.7. The van der Waals surface area contributed by atoms with Gasteiger partial charge in [0.15, 0.2) is 0 Å². The van der Waals surface area contributed by atoms with E-state index in [0.29, 0.717) is 25.2 Å². The number of rotatable bonds is 28. The number of quaternary nitrogens is 1. The van der Waals surface area contributed by atoms with Gasteiger partial charge in [0.1, 0.15) is 18.5 Å². The minimum Gasteiger partial charge on any atom is -0.477 e. The molecule has 2 N–H and O–H groups in total. The number of hydrogen-bond acceptors (Lipinski definition) is 7. The number of phosphoric acid groups is 1. The highest BCUT2D eigenvalue weighted by atomic mass is 31.2. The van der Waals surface area contributed by atoms with E-state index in [-0.39, 0.29) is 17.7 Å². The number of carbonyl (C=O) groups excluding carboxylic acids is 1. The van der Waals surface area contributed by atoms with E-state index in [1.165, 1.54) is 52.1 Å². The van der Waals surface area contributed by atoms with Crippen molar-refractivity contribution in [3.8, 4) is 0 Å². The van der Waals surface area contributed by atoms with Crippen LogP contribution in [0.1, 0.15) is 103 Å². The Hall–Kier alpha value is -0.870. The third kappa shape index (κ3) is 22.5. The monoisotopic (exact) mass is 582 g/mol. The zero-order valence-electron chi connectivity index (χ0n) is 25.2. The number of ether oxygens (including phenoxy) is 2. The highest BCUT2D eigenvalue weighted by Crippen LogP contribution is 2.43. The van der Waals surface area contributed by atoms with Crippen LogP contribution in [0.4, 0.5) is 0 Å². The highest BCUT2D eigenvalue weighted by Gasteiger charge is 2.35. The SMILES string of the molecule is CCCCCCCCCCCC(=O)CCCCCCOCC(COP(=O)(O)OC[C@H](C(=O)O)[N+](C)(C)C)OC. The van der Waals surface area contributed by atoms with Crippen LogP contribution in [-0.2, 0) is 32.7 Å². The van der Waals surface area contributed by atoms with E-state index in [1.807, 2.05) is 0 Å². The van der Waals surface area contributed by atoms with Crippen LogP contribution in [-0.4, -0.2) is 93.1 Å². The summed E-state index contributed by atoms with van der Waals surface area (Å²) < 4.78 is 32.9. The van der Waals surface area contributed by atoms with Crippen molar-refractivity contribution in [3.05, 3.63) is 0 Å². The fourth-order valence-electron chi connectivity index (χ4n) is 4.04. The molecule has 10 nitrogen and oxygen atoms in total. The Morgan fingerprint density at radius 3 is 1.74 bits per heavy atom. The van der Waals surface area contributed by atoms with Gasteiger partial charge in [-0.25, -0.2) is 9.36 Å². The molecule has 0 aliphatic rings. The molecule has 0 saturated carbocycles. The topological polar surface area (TPSA) is 129 Å². The molecule has 0 spiro atoms. The minimum absolute atomic E-state index is 0.0273. The smallest absolute Gasteiger partial charge is 0.472 e. The van der Waals surface area contributed by atoms with Gasteiger partial charge in [0, 0.05) is 26.6 Å². The summed E-state index contributed by atoms with van der Waals surface area (Å²) >= 11 is 0. The molecule has 0 rings (SSSR count). The first-order valence-electron chi connectivity index (χ1n) is 14.7. The predicted octanol–water partition coefficient (Wildman–Crippen LogP) is 5.75. The van der Waals surface area contributed by atoms with Crippen molar-refractivity contribution in [1.82, 2.24) is 0 Å². The number of unbranched alkanes of at least 4 members (excludes halogenated alkanes) is 11.